The van der Waals surface area contributed by atoms with E-state index in [1.54, 1.807) is 13.0 Å². The molecule has 0 fully saturated rings. The Balaban J connectivity index is 2.37. The summed E-state index contributed by atoms with van der Waals surface area (Å²) in [4.78, 5) is 0.0359. The van der Waals surface area contributed by atoms with Crippen molar-refractivity contribution < 1.29 is 4.39 Å². The first-order chi connectivity index (χ1) is 9.56. The van der Waals surface area contributed by atoms with Crippen molar-refractivity contribution in [3.8, 4) is 0 Å². The molecule has 0 nitrogen and oxygen atoms in total. The predicted octanol–water partition coefficient (Wildman–Crippen LogP) is 5.74. The Hall–Kier alpha value is -1.15. The highest BCUT2D eigenvalue weighted by molar-refractivity contribution is 9.09. The molecule has 1 unspecified atom stereocenters. The molecule has 0 saturated carbocycles. The molecule has 0 aromatic heterocycles. The fraction of sp³-hybridized carbons (Fsp3) is 0.333. The van der Waals surface area contributed by atoms with Crippen LogP contribution in [0, 0.1) is 12.7 Å². The van der Waals surface area contributed by atoms with Crippen molar-refractivity contribution in [1.82, 2.24) is 0 Å². The van der Waals surface area contributed by atoms with Gasteiger partial charge in [-0.3, -0.25) is 0 Å². The zero-order chi connectivity index (χ0) is 14.7. The van der Waals surface area contributed by atoms with E-state index < -0.39 is 0 Å². The van der Waals surface area contributed by atoms with Gasteiger partial charge in [0.15, 0.2) is 0 Å². The van der Waals surface area contributed by atoms with Crippen LogP contribution in [-0.2, 0) is 12.8 Å². The molecular weight excluding hydrogens is 315 g/mol. The number of benzene rings is 2. The van der Waals surface area contributed by atoms with Gasteiger partial charge in [0, 0.05) is 0 Å². The molecule has 1 atom stereocenters. The molecule has 2 heteroatoms. The monoisotopic (exact) mass is 334 g/mol. The maximum absolute atomic E-state index is 13.7. The first kappa shape index (κ1) is 15.2. The first-order valence-corrected chi connectivity index (χ1v) is 8.00. The Kier molecular flexibility index (Phi) is 4.98. The number of aryl methyl sites for hydroxylation is 3. The Morgan fingerprint density at radius 3 is 2.15 bits per heavy atom. The van der Waals surface area contributed by atoms with E-state index in [9.17, 15) is 4.39 Å². The molecule has 2 aromatic carbocycles. The molecule has 0 aliphatic rings. The van der Waals surface area contributed by atoms with Gasteiger partial charge in [0.1, 0.15) is 5.82 Å². The largest absolute Gasteiger partial charge is 0.207 e. The van der Waals surface area contributed by atoms with Crippen LogP contribution in [0.15, 0.2) is 36.4 Å². The summed E-state index contributed by atoms with van der Waals surface area (Å²) < 4.78 is 13.7. The zero-order valence-corrected chi connectivity index (χ0v) is 13.8. The summed E-state index contributed by atoms with van der Waals surface area (Å²) in [6, 6.07) is 12.0. The van der Waals surface area contributed by atoms with Gasteiger partial charge in [-0.15, -0.1) is 0 Å². The summed E-state index contributed by atoms with van der Waals surface area (Å²) in [5.41, 5.74) is 5.60. The van der Waals surface area contributed by atoms with Crippen molar-refractivity contribution in [2.45, 2.75) is 38.4 Å². The van der Waals surface area contributed by atoms with E-state index in [-0.39, 0.29) is 10.6 Å². The van der Waals surface area contributed by atoms with E-state index in [0.717, 1.165) is 18.4 Å². The highest BCUT2D eigenvalue weighted by atomic mass is 79.9. The minimum Gasteiger partial charge on any atom is -0.207 e. The van der Waals surface area contributed by atoms with Crippen molar-refractivity contribution in [1.29, 1.82) is 0 Å². The van der Waals surface area contributed by atoms with Gasteiger partial charge in [0.2, 0.25) is 0 Å². The number of rotatable bonds is 4. The van der Waals surface area contributed by atoms with Gasteiger partial charge in [-0.05, 0) is 53.6 Å². The number of hydrogen-bond acceptors (Lipinski definition) is 0. The minimum atomic E-state index is -0.146. The van der Waals surface area contributed by atoms with Crippen molar-refractivity contribution in [3.05, 3.63) is 70.0 Å². The van der Waals surface area contributed by atoms with Crippen LogP contribution in [0.2, 0.25) is 0 Å². The Morgan fingerprint density at radius 2 is 1.55 bits per heavy atom. The van der Waals surface area contributed by atoms with E-state index in [1.807, 2.05) is 12.1 Å². The summed E-state index contributed by atoms with van der Waals surface area (Å²) in [7, 11) is 0. The molecule has 0 heterocycles. The maximum atomic E-state index is 13.7. The van der Waals surface area contributed by atoms with Crippen LogP contribution >= 0.6 is 15.9 Å². The standard InChI is InChI=1S/C18H20BrF/c1-4-13-8-9-15(10-14(13)5-2)18(19)16-7-6-12(3)17(20)11-16/h6-11,18H,4-5H2,1-3H3. The molecule has 0 N–H and O–H groups in total. The van der Waals surface area contributed by atoms with Crippen LogP contribution in [0.3, 0.4) is 0 Å². The van der Waals surface area contributed by atoms with E-state index >= 15 is 0 Å². The lowest BCUT2D eigenvalue weighted by Crippen LogP contribution is -1.98. The summed E-state index contributed by atoms with van der Waals surface area (Å²) in [6.07, 6.45) is 2.08. The highest BCUT2D eigenvalue weighted by Crippen LogP contribution is 2.32. The highest BCUT2D eigenvalue weighted by Gasteiger charge is 2.13. The van der Waals surface area contributed by atoms with Gasteiger partial charge in [-0.2, -0.15) is 0 Å². The molecule has 0 spiro atoms. The van der Waals surface area contributed by atoms with Gasteiger partial charge in [0.25, 0.3) is 0 Å². The van der Waals surface area contributed by atoms with Crippen LogP contribution in [-0.4, -0.2) is 0 Å². The molecule has 0 radical (unpaired) electrons. The number of hydrogen-bond donors (Lipinski definition) is 0. The van der Waals surface area contributed by atoms with Gasteiger partial charge < -0.3 is 0 Å². The second-order valence-electron chi connectivity index (χ2n) is 5.11. The van der Waals surface area contributed by atoms with Crippen molar-refractivity contribution in [2.24, 2.45) is 0 Å². The van der Waals surface area contributed by atoms with E-state index in [4.69, 9.17) is 0 Å². The van der Waals surface area contributed by atoms with Crippen LogP contribution < -0.4 is 0 Å². The summed E-state index contributed by atoms with van der Waals surface area (Å²) in [6.45, 7) is 6.13. The second kappa shape index (κ2) is 6.53. The second-order valence-corrected chi connectivity index (χ2v) is 6.02. The molecule has 2 aromatic rings. The van der Waals surface area contributed by atoms with E-state index in [2.05, 4.69) is 48.0 Å². The number of alkyl halides is 1. The van der Waals surface area contributed by atoms with Crippen molar-refractivity contribution in [3.63, 3.8) is 0 Å². The van der Waals surface area contributed by atoms with Crippen LogP contribution in [0.1, 0.15) is 46.5 Å². The van der Waals surface area contributed by atoms with Crippen molar-refractivity contribution in [2.75, 3.05) is 0 Å². The lowest BCUT2D eigenvalue weighted by atomic mass is 9.96. The Morgan fingerprint density at radius 1 is 0.950 bits per heavy atom. The molecule has 0 aliphatic carbocycles. The first-order valence-electron chi connectivity index (χ1n) is 7.08. The molecule has 0 aliphatic heterocycles. The molecule has 0 saturated heterocycles. The lowest BCUT2D eigenvalue weighted by Gasteiger charge is -2.15. The number of halogens is 2. The van der Waals surface area contributed by atoms with Crippen LogP contribution in [0.4, 0.5) is 4.39 Å². The zero-order valence-electron chi connectivity index (χ0n) is 12.2. The van der Waals surface area contributed by atoms with Gasteiger partial charge in [-0.1, -0.05) is 60.1 Å². The van der Waals surface area contributed by atoms with Gasteiger partial charge in [-0.25, -0.2) is 4.39 Å². The summed E-state index contributed by atoms with van der Waals surface area (Å²) >= 11 is 3.70. The van der Waals surface area contributed by atoms with E-state index in [0.29, 0.717) is 5.56 Å². The van der Waals surface area contributed by atoms with E-state index in [1.165, 1.54) is 16.7 Å². The molecule has 106 valence electrons. The fourth-order valence-corrected chi connectivity index (χ4v) is 3.01. The average Bonchev–Trinajstić information content (AvgIpc) is 2.48. The fourth-order valence-electron chi connectivity index (χ4n) is 2.44. The third-order valence-electron chi connectivity index (χ3n) is 3.77. The van der Waals surface area contributed by atoms with Gasteiger partial charge in [0.05, 0.1) is 4.83 Å². The third kappa shape index (κ3) is 3.12. The smallest absolute Gasteiger partial charge is 0.126 e. The van der Waals surface area contributed by atoms with Crippen molar-refractivity contribution >= 4 is 15.9 Å². The average molecular weight is 335 g/mol. The molecule has 0 bridgehead atoms. The minimum absolute atomic E-state index is 0.0359. The lowest BCUT2D eigenvalue weighted by molar-refractivity contribution is 0.616. The molecule has 0 amide bonds. The quantitative estimate of drug-likeness (QED) is 0.625. The predicted molar refractivity (Wildman–Crippen MR) is 87.1 cm³/mol. The van der Waals surface area contributed by atoms with Crippen LogP contribution in [0.5, 0.6) is 0 Å². The molecule has 2 rings (SSSR count). The van der Waals surface area contributed by atoms with Crippen LogP contribution in [0.25, 0.3) is 0 Å². The SMILES string of the molecule is CCc1ccc(C(Br)c2ccc(C)c(F)c2)cc1CC. The normalized spacial score (nSPS) is 12.4. The molecule has 20 heavy (non-hydrogen) atoms. The maximum Gasteiger partial charge on any atom is 0.126 e. The summed E-state index contributed by atoms with van der Waals surface area (Å²) in [5.74, 6) is -0.146. The Labute approximate surface area is 129 Å². The molecular formula is C18H20BrF. The van der Waals surface area contributed by atoms with Gasteiger partial charge >= 0.3 is 0 Å². The summed E-state index contributed by atoms with van der Waals surface area (Å²) in [5, 5.41) is 0. The topological polar surface area (TPSA) is 0 Å². The third-order valence-corrected chi connectivity index (χ3v) is 4.83. The Bertz CT molecular complexity index is 604.